The third-order valence-electron chi connectivity index (χ3n) is 3.63. The monoisotopic (exact) mass is 309 g/mol. The molecule has 22 heavy (non-hydrogen) atoms. The van der Waals surface area contributed by atoms with Crippen molar-refractivity contribution in [1.29, 1.82) is 0 Å². The van der Waals surface area contributed by atoms with Crippen LogP contribution in [0.4, 0.5) is 0 Å². The summed E-state index contributed by atoms with van der Waals surface area (Å²) in [6, 6.07) is -1.01. The van der Waals surface area contributed by atoms with Crippen molar-refractivity contribution in [2.24, 2.45) is 0 Å². The van der Waals surface area contributed by atoms with Crippen LogP contribution in [-0.2, 0) is 4.79 Å². The van der Waals surface area contributed by atoms with Crippen LogP contribution in [0.3, 0.4) is 0 Å². The molecule has 0 bridgehead atoms. The first-order chi connectivity index (χ1) is 10.7. The van der Waals surface area contributed by atoms with Crippen molar-refractivity contribution in [2.45, 2.75) is 83.6 Å². The number of carbonyl (C=O) groups is 1. The van der Waals surface area contributed by atoms with Gasteiger partial charge >= 0.3 is 0 Å². The average molecular weight is 309 g/mol. The van der Waals surface area contributed by atoms with E-state index in [1.165, 1.54) is 25.7 Å². The molecule has 0 amide bonds. The molecule has 0 aliphatic rings. The van der Waals surface area contributed by atoms with Crippen molar-refractivity contribution in [1.82, 2.24) is 0 Å². The molecule has 0 N–H and O–H groups in total. The highest BCUT2D eigenvalue weighted by Gasteiger charge is 2.17. The van der Waals surface area contributed by atoms with Gasteiger partial charge in [0.05, 0.1) is 0 Å². The molecule has 4 nitrogen and oxygen atoms in total. The highest BCUT2D eigenvalue weighted by atomic mass is 16.6. The zero-order valence-electron chi connectivity index (χ0n) is 13.9. The highest BCUT2D eigenvalue weighted by molar-refractivity contribution is 5.55. The van der Waals surface area contributed by atoms with Crippen LogP contribution >= 0.6 is 0 Å². The van der Waals surface area contributed by atoms with Gasteiger partial charge in [-0.2, -0.15) is 0 Å². The van der Waals surface area contributed by atoms with Gasteiger partial charge in [-0.05, 0) is 38.5 Å². The van der Waals surface area contributed by atoms with Crippen LogP contribution in [0.5, 0.6) is 0 Å². The van der Waals surface area contributed by atoms with E-state index in [9.17, 15) is 14.9 Å². The van der Waals surface area contributed by atoms with E-state index in [1.54, 1.807) is 0 Å². The number of rotatable bonds is 15. The zero-order chi connectivity index (χ0) is 16.5. The normalized spacial score (nSPS) is 13.0. The smallest absolute Gasteiger partial charge is 0.267 e. The van der Waals surface area contributed by atoms with Crippen LogP contribution in [-0.4, -0.2) is 17.3 Å². The largest absolute Gasteiger partial charge is 0.296 e. The van der Waals surface area contributed by atoms with E-state index in [-0.39, 0.29) is 0 Å². The van der Waals surface area contributed by atoms with Crippen LogP contribution in [0.2, 0.25) is 0 Å². The van der Waals surface area contributed by atoms with Gasteiger partial charge in [-0.25, -0.2) is 0 Å². The number of carbonyl (C=O) groups excluding carboxylic acids is 1. The lowest BCUT2D eigenvalue weighted by molar-refractivity contribution is -0.506. The third kappa shape index (κ3) is 13.5. The van der Waals surface area contributed by atoms with Crippen molar-refractivity contribution < 1.29 is 9.72 Å². The highest BCUT2D eigenvalue weighted by Crippen LogP contribution is 2.09. The zero-order valence-corrected chi connectivity index (χ0v) is 13.9. The van der Waals surface area contributed by atoms with Crippen molar-refractivity contribution in [3.05, 3.63) is 34.4 Å². The average Bonchev–Trinajstić information content (AvgIpc) is 2.51. The van der Waals surface area contributed by atoms with Crippen molar-refractivity contribution in [3.63, 3.8) is 0 Å². The minimum absolute atomic E-state index is 0.370. The number of nitrogens with zero attached hydrogens (tertiary/aromatic N) is 1. The van der Waals surface area contributed by atoms with Crippen LogP contribution in [0.1, 0.15) is 77.6 Å². The van der Waals surface area contributed by atoms with Gasteiger partial charge in [0, 0.05) is 11.3 Å². The van der Waals surface area contributed by atoms with E-state index < -0.39 is 11.0 Å². The van der Waals surface area contributed by atoms with Gasteiger partial charge in [0.2, 0.25) is 0 Å². The first kappa shape index (κ1) is 20.6. The molecule has 4 heteroatoms. The van der Waals surface area contributed by atoms with Gasteiger partial charge in [0.15, 0.2) is 6.29 Å². The fraction of sp³-hybridized carbons (Fsp3) is 0.722. The number of hydrogen-bond acceptors (Lipinski definition) is 3. The molecule has 0 aromatic carbocycles. The summed E-state index contributed by atoms with van der Waals surface area (Å²) < 4.78 is 0. The quantitative estimate of drug-likeness (QED) is 0.136. The molecule has 0 aliphatic carbocycles. The topological polar surface area (TPSA) is 60.2 Å². The lowest BCUT2D eigenvalue weighted by Gasteiger charge is -2.02. The first-order valence-corrected chi connectivity index (χ1v) is 8.61. The van der Waals surface area contributed by atoms with Gasteiger partial charge in [-0.15, -0.1) is 0 Å². The standard InChI is InChI=1S/C18H31NO3/c1-2-3-4-5-6-7-8-9-10-11-12-13-14-15-16-18(17-20)19(21)22/h6-7,9-10,17-18H,2-5,8,11-16H2,1H3/b7-6+,10-9+. The predicted molar refractivity (Wildman–Crippen MR) is 91.6 cm³/mol. The van der Waals surface area contributed by atoms with Crippen LogP contribution in [0.15, 0.2) is 24.3 Å². The molecule has 0 saturated heterocycles. The second kappa shape index (κ2) is 15.9. The maximum atomic E-state index is 10.5. The van der Waals surface area contributed by atoms with E-state index >= 15 is 0 Å². The Kier molecular flexibility index (Phi) is 14.9. The van der Waals surface area contributed by atoms with Crippen molar-refractivity contribution >= 4 is 6.29 Å². The summed E-state index contributed by atoms with van der Waals surface area (Å²) in [4.78, 5) is 20.4. The lowest BCUT2D eigenvalue weighted by atomic mass is 10.1. The molecule has 126 valence electrons. The van der Waals surface area contributed by atoms with Crippen molar-refractivity contribution in [3.8, 4) is 0 Å². The number of hydrogen-bond donors (Lipinski definition) is 0. The number of allylic oxidation sites excluding steroid dienone is 4. The maximum Gasteiger partial charge on any atom is 0.267 e. The number of nitro groups is 1. The SMILES string of the molecule is CCCCC/C=C/C/C=C/CCCCCCC(C=O)[N+](=O)[O-]. The molecule has 1 unspecified atom stereocenters. The summed E-state index contributed by atoms with van der Waals surface area (Å²) in [5.41, 5.74) is 0. The molecular weight excluding hydrogens is 278 g/mol. The summed E-state index contributed by atoms with van der Waals surface area (Å²) in [5.74, 6) is 0. The predicted octanol–water partition coefficient (Wildman–Crippen LogP) is 5.25. The second-order valence-electron chi connectivity index (χ2n) is 5.65. The molecule has 0 aliphatic heterocycles. The summed E-state index contributed by atoms with van der Waals surface area (Å²) in [7, 11) is 0. The Hall–Kier alpha value is -1.45. The Balaban J connectivity index is 3.37. The number of unbranched alkanes of at least 4 members (excludes halogenated alkanes) is 7. The van der Waals surface area contributed by atoms with Gasteiger partial charge in [-0.3, -0.25) is 14.9 Å². The lowest BCUT2D eigenvalue weighted by Crippen LogP contribution is -2.20. The van der Waals surface area contributed by atoms with Crippen LogP contribution in [0, 0.1) is 10.1 Å². The summed E-state index contributed by atoms with van der Waals surface area (Å²) >= 11 is 0. The molecule has 1 atom stereocenters. The number of aldehydes is 1. The second-order valence-corrected chi connectivity index (χ2v) is 5.65. The van der Waals surface area contributed by atoms with Gasteiger partial charge < -0.3 is 0 Å². The first-order valence-electron chi connectivity index (χ1n) is 8.61. The van der Waals surface area contributed by atoms with E-state index in [1.807, 2.05) is 0 Å². The fourth-order valence-corrected chi connectivity index (χ4v) is 2.21. The van der Waals surface area contributed by atoms with Gasteiger partial charge in [-0.1, -0.05) is 56.9 Å². The Morgan fingerprint density at radius 3 is 2.05 bits per heavy atom. The molecule has 0 aromatic heterocycles. The Morgan fingerprint density at radius 2 is 1.50 bits per heavy atom. The van der Waals surface area contributed by atoms with Gasteiger partial charge in [0.25, 0.3) is 6.04 Å². The molecule has 0 radical (unpaired) electrons. The Bertz CT molecular complexity index is 337. The third-order valence-corrected chi connectivity index (χ3v) is 3.63. The van der Waals surface area contributed by atoms with Crippen LogP contribution in [0.25, 0.3) is 0 Å². The molecule has 0 rings (SSSR count). The van der Waals surface area contributed by atoms with Crippen LogP contribution < -0.4 is 0 Å². The van der Waals surface area contributed by atoms with E-state index in [0.717, 1.165) is 38.5 Å². The molecule has 0 fully saturated rings. The Labute approximate surface area is 134 Å². The van der Waals surface area contributed by atoms with E-state index in [0.29, 0.717) is 12.7 Å². The molecular formula is C18H31NO3. The minimum atomic E-state index is -1.01. The summed E-state index contributed by atoms with van der Waals surface area (Å²) in [5, 5.41) is 10.5. The fourth-order valence-electron chi connectivity index (χ4n) is 2.21. The summed E-state index contributed by atoms with van der Waals surface area (Å²) in [6.07, 6.45) is 20.8. The van der Waals surface area contributed by atoms with Gasteiger partial charge in [0.1, 0.15) is 0 Å². The molecule has 0 saturated carbocycles. The van der Waals surface area contributed by atoms with E-state index in [2.05, 4.69) is 31.2 Å². The van der Waals surface area contributed by atoms with Crippen molar-refractivity contribution in [2.75, 3.05) is 0 Å². The molecule has 0 aromatic rings. The molecule has 0 heterocycles. The Morgan fingerprint density at radius 1 is 0.909 bits per heavy atom. The molecule has 0 spiro atoms. The van der Waals surface area contributed by atoms with E-state index in [4.69, 9.17) is 0 Å². The maximum absolute atomic E-state index is 10.5. The summed E-state index contributed by atoms with van der Waals surface area (Å²) in [6.45, 7) is 2.22. The minimum Gasteiger partial charge on any atom is -0.296 e.